The van der Waals surface area contributed by atoms with Gasteiger partial charge in [0.25, 0.3) is 0 Å². The van der Waals surface area contributed by atoms with E-state index in [1.165, 1.54) is 0 Å². The number of nitrogens with one attached hydrogen (secondary N) is 1. The summed E-state index contributed by atoms with van der Waals surface area (Å²) in [6, 6.07) is 0. The molecule has 0 aromatic heterocycles. The van der Waals surface area contributed by atoms with Gasteiger partial charge in [-0.15, -0.1) is 0 Å². The SMILES string of the molecule is CCCCNC(=O)CC(C)(C)OCCC(C)C. The van der Waals surface area contributed by atoms with Crippen molar-refractivity contribution in [3.05, 3.63) is 0 Å². The van der Waals surface area contributed by atoms with Gasteiger partial charge in [-0.25, -0.2) is 0 Å². The van der Waals surface area contributed by atoms with Gasteiger partial charge < -0.3 is 10.1 Å². The molecule has 0 saturated heterocycles. The van der Waals surface area contributed by atoms with E-state index in [1.807, 2.05) is 13.8 Å². The van der Waals surface area contributed by atoms with Crippen LogP contribution in [-0.4, -0.2) is 24.7 Å². The maximum absolute atomic E-state index is 11.6. The number of ether oxygens (including phenoxy) is 1. The maximum Gasteiger partial charge on any atom is 0.222 e. The highest BCUT2D eigenvalue weighted by atomic mass is 16.5. The average Bonchev–Trinajstić information content (AvgIpc) is 2.16. The molecule has 3 nitrogen and oxygen atoms in total. The summed E-state index contributed by atoms with van der Waals surface area (Å²) in [6.45, 7) is 11.9. The highest BCUT2D eigenvalue weighted by Gasteiger charge is 2.22. The lowest BCUT2D eigenvalue weighted by atomic mass is 10.0. The van der Waals surface area contributed by atoms with Crippen LogP contribution in [0.4, 0.5) is 0 Å². The second kappa shape index (κ2) is 8.51. The molecule has 1 N–H and O–H groups in total. The van der Waals surface area contributed by atoms with Gasteiger partial charge in [0, 0.05) is 13.2 Å². The van der Waals surface area contributed by atoms with Gasteiger partial charge in [0.1, 0.15) is 0 Å². The second-order valence-electron chi connectivity index (χ2n) is 5.67. The Morgan fingerprint density at radius 2 is 2.00 bits per heavy atom. The largest absolute Gasteiger partial charge is 0.375 e. The molecule has 0 unspecified atom stereocenters. The molecule has 0 aromatic carbocycles. The summed E-state index contributed by atoms with van der Waals surface area (Å²) < 4.78 is 5.76. The average molecular weight is 243 g/mol. The van der Waals surface area contributed by atoms with Gasteiger partial charge in [-0.05, 0) is 32.6 Å². The molecule has 0 heterocycles. The molecule has 17 heavy (non-hydrogen) atoms. The molecular formula is C14H29NO2. The molecule has 0 atom stereocenters. The predicted octanol–water partition coefficient (Wildman–Crippen LogP) is 3.13. The van der Waals surface area contributed by atoms with E-state index in [0.29, 0.717) is 12.3 Å². The summed E-state index contributed by atoms with van der Waals surface area (Å²) in [5.74, 6) is 0.733. The summed E-state index contributed by atoms with van der Waals surface area (Å²) in [4.78, 5) is 11.6. The number of carbonyl (C=O) groups is 1. The fraction of sp³-hybridized carbons (Fsp3) is 0.929. The fourth-order valence-electron chi connectivity index (χ4n) is 1.48. The van der Waals surface area contributed by atoms with Crippen LogP contribution in [0.1, 0.15) is 60.3 Å². The number of hydrogen-bond donors (Lipinski definition) is 1. The zero-order valence-electron chi connectivity index (χ0n) is 12.1. The zero-order valence-corrected chi connectivity index (χ0v) is 12.1. The molecule has 1 amide bonds. The Kier molecular flexibility index (Phi) is 8.23. The summed E-state index contributed by atoms with van der Waals surface area (Å²) in [6.07, 6.45) is 3.63. The molecule has 0 saturated carbocycles. The smallest absolute Gasteiger partial charge is 0.222 e. The quantitative estimate of drug-likeness (QED) is 0.632. The standard InChI is InChI=1S/C14H29NO2/c1-6-7-9-15-13(16)11-14(4,5)17-10-8-12(2)3/h12H,6-11H2,1-5H3,(H,15,16). The minimum absolute atomic E-state index is 0.0907. The van der Waals surface area contributed by atoms with Crippen LogP contribution < -0.4 is 5.32 Å². The van der Waals surface area contributed by atoms with Gasteiger partial charge >= 0.3 is 0 Å². The van der Waals surface area contributed by atoms with Gasteiger partial charge in [0.15, 0.2) is 0 Å². The fourth-order valence-corrected chi connectivity index (χ4v) is 1.48. The molecular weight excluding hydrogens is 214 g/mol. The van der Waals surface area contributed by atoms with Crippen molar-refractivity contribution in [2.75, 3.05) is 13.2 Å². The minimum Gasteiger partial charge on any atom is -0.375 e. The zero-order chi connectivity index (χ0) is 13.3. The Morgan fingerprint density at radius 3 is 2.53 bits per heavy atom. The van der Waals surface area contributed by atoms with E-state index >= 15 is 0 Å². The summed E-state index contributed by atoms with van der Waals surface area (Å²) in [7, 11) is 0. The molecule has 102 valence electrons. The Morgan fingerprint density at radius 1 is 1.35 bits per heavy atom. The first-order valence-corrected chi connectivity index (χ1v) is 6.78. The van der Waals surface area contributed by atoms with Crippen LogP contribution in [-0.2, 0) is 9.53 Å². The molecule has 0 bridgehead atoms. The molecule has 0 spiro atoms. The highest BCUT2D eigenvalue weighted by molar-refractivity contribution is 5.76. The van der Waals surface area contributed by atoms with Gasteiger partial charge in [-0.2, -0.15) is 0 Å². The molecule has 0 aromatic rings. The molecule has 0 aliphatic heterocycles. The number of unbranched alkanes of at least 4 members (excludes halogenated alkanes) is 1. The van der Waals surface area contributed by atoms with E-state index in [2.05, 4.69) is 26.1 Å². The van der Waals surface area contributed by atoms with Crippen molar-refractivity contribution in [2.45, 2.75) is 65.9 Å². The van der Waals surface area contributed by atoms with Gasteiger partial charge in [0.05, 0.1) is 12.0 Å². The predicted molar refractivity (Wildman–Crippen MR) is 72.0 cm³/mol. The minimum atomic E-state index is -0.356. The Bertz CT molecular complexity index is 212. The Balaban J connectivity index is 3.78. The van der Waals surface area contributed by atoms with Crippen molar-refractivity contribution in [2.24, 2.45) is 5.92 Å². The highest BCUT2D eigenvalue weighted by Crippen LogP contribution is 2.15. The number of amides is 1. The van der Waals surface area contributed by atoms with Crippen LogP contribution in [0.3, 0.4) is 0 Å². The van der Waals surface area contributed by atoms with Crippen molar-refractivity contribution in [1.82, 2.24) is 5.32 Å². The monoisotopic (exact) mass is 243 g/mol. The maximum atomic E-state index is 11.6. The van der Waals surface area contributed by atoms with Crippen LogP contribution in [0.2, 0.25) is 0 Å². The van der Waals surface area contributed by atoms with Crippen LogP contribution >= 0.6 is 0 Å². The Hall–Kier alpha value is -0.570. The summed E-state index contributed by atoms with van der Waals surface area (Å²) >= 11 is 0. The van der Waals surface area contributed by atoms with E-state index in [0.717, 1.165) is 32.4 Å². The van der Waals surface area contributed by atoms with Crippen molar-refractivity contribution in [1.29, 1.82) is 0 Å². The number of carbonyl (C=O) groups excluding carboxylic acids is 1. The van der Waals surface area contributed by atoms with Crippen LogP contribution in [0.15, 0.2) is 0 Å². The van der Waals surface area contributed by atoms with E-state index in [9.17, 15) is 4.79 Å². The van der Waals surface area contributed by atoms with Crippen molar-refractivity contribution >= 4 is 5.91 Å². The lowest BCUT2D eigenvalue weighted by Crippen LogP contribution is -2.35. The second-order valence-corrected chi connectivity index (χ2v) is 5.67. The number of rotatable bonds is 9. The summed E-state index contributed by atoms with van der Waals surface area (Å²) in [5, 5.41) is 2.92. The third-order valence-electron chi connectivity index (χ3n) is 2.63. The molecule has 0 rings (SSSR count). The first-order valence-electron chi connectivity index (χ1n) is 6.78. The van der Waals surface area contributed by atoms with Crippen LogP contribution in [0.25, 0.3) is 0 Å². The van der Waals surface area contributed by atoms with Crippen molar-refractivity contribution in [3.63, 3.8) is 0 Å². The van der Waals surface area contributed by atoms with E-state index in [-0.39, 0.29) is 11.5 Å². The van der Waals surface area contributed by atoms with E-state index in [1.54, 1.807) is 0 Å². The van der Waals surface area contributed by atoms with E-state index in [4.69, 9.17) is 4.74 Å². The van der Waals surface area contributed by atoms with Gasteiger partial charge in [0.2, 0.25) is 5.91 Å². The summed E-state index contributed by atoms with van der Waals surface area (Å²) in [5.41, 5.74) is -0.356. The molecule has 0 radical (unpaired) electrons. The lowest BCUT2D eigenvalue weighted by Gasteiger charge is -2.25. The molecule has 0 aliphatic carbocycles. The lowest BCUT2D eigenvalue weighted by molar-refractivity contribution is -0.127. The Labute approximate surface area is 106 Å². The third kappa shape index (κ3) is 10.3. The van der Waals surface area contributed by atoms with Gasteiger partial charge in [-0.1, -0.05) is 27.2 Å². The van der Waals surface area contributed by atoms with Gasteiger partial charge in [-0.3, -0.25) is 4.79 Å². The number of hydrogen-bond acceptors (Lipinski definition) is 2. The molecule has 0 aliphatic rings. The van der Waals surface area contributed by atoms with Crippen LogP contribution in [0, 0.1) is 5.92 Å². The first kappa shape index (κ1) is 16.4. The van der Waals surface area contributed by atoms with Crippen molar-refractivity contribution < 1.29 is 9.53 Å². The topological polar surface area (TPSA) is 38.3 Å². The van der Waals surface area contributed by atoms with Crippen LogP contribution in [0.5, 0.6) is 0 Å². The molecule has 3 heteroatoms. The first-order chi connectivity index (χ1) is 7.87. The van der Waals surface area contributed by atoms with E-state index < -0.39 is 0 Å². The third-order valence-corrected chi connectivity index (χ3v) is 2.63. The molecule has 0 fully saturated rings. The normalized spacial score (nSPS) is 11.9. The van der Waals surface area contributed by atoms with Crippen molar-refractivity contribution in [3.8, 4) is 0 Å².